The minimum absolute atomic E-state index is 0.272. The van der Waals surface area contributed by atoms with Gasteiger partial charge in [-0.1, -0.05) is 157 Å². The molecule has 2 heterocycles. The van der Waals surface area contributed by atoms with Crippen molar-refractivity contribution in [3.63, 3.8) is 0 Å². The van der Waals surface area contributed by atoms with E-state index in [1.807, 2.05) is 0 Å². The van der Waals surface area contributed by atoms with Crippen LogP contribution in [0.2, 0.25) is 0 Å². The average molecular weight is 696 g/mol. The molecule has 2 aromatic heterocycles. The lowest BCUT2D eigenvalue weighted by Gasteiger charge is -2.34. The van der Waals surface area contributed by atoms with Gasteiger partial charge in [-0.15, -0.1) is 0 Å². The highest BCUT2D eigenvalue weighted by Gasteiger charge is 2.41. The Morgan fingerprint density at radius 1 is 0.353 bits per heavy atom. The monoisotopic (exact) mass is 695 g/mol. The van der Waals surface area contributed by atoms with Crippen LogP contribution >= 0.6 is 0 Å². The summed E-state index contributed by atoms with van der Waals surface area (Å²) >= 11 is 0. The number of hydrogen-bond acceptors (Lipinski definition) is 0. The molecule has 240 valence electrons. The molecule has 0 N–H and O–H groups in total. The number of rotatable bonds is 6. The van der Waals surface area contributed by atoms with Gasteiger partial charge in [0.05, 0.1) is 61.8 Å². The van der Waals surface area contributed by atoms with E-state index in [0.717, 1.165) is 21.3 Å². The Balaban J connectivity index is 1.47. The zero-order chi connectivity index (χ0) is 59.0. The number of aromatic nitrogens is 2. The van der Waals surface area contributed by atoms with E-state index in [9.17, 15) is 15.1 Å². The molecular weight excluding hydrogens is 633 g/mol. The molecule has 0 unspecified atom stereocenters. The molecule has 0 atom stereocenters. The molecule has 0 radical (unpaired) electrons. The molecule has 8 aromatic carbocycles. The van der Waals surface area contributed by atoms with Crippen molar-refractivity contribution in [3.05, 3.63) is 206 Å². The SMILES string of the molecule is [2H]c1cc2c(c([2H])c1[2H])c1c([2H])c([2H])c([2H])c([2H])c1n2-c1c([2H])c([2H])c2c(c1[2H])c1c([2H])c([2H])c([2H])c([2H])c1n2-c1cccc([Si](c2c([2H])c([2H])c([2H])c([2H])c2[2H])(c2c([2H])c([2H])c([2H])c([2H])c2[2H])c2c([2H])c([2H])c([2H])c([2H])c2[2H])c1. The Bertz CT molecular complexity index is 4290. The summed E-state index contributed by atoms with van der Waals surface area (Å²) in [6.07, 6.45) is 0. The Labute approximate surface area is 338 Å². The second-order valence-corrected chi connectivity index (χ2v) is 14.7. The molecule has 3 heteroatoms. The van der Waals surface area contributed by atoms with E-state index in [4.69, 9.17) is 24.7 Å². The highest BCUT2D eigenvalue weighted by Crippen LogP contribution is 2.36. The van der Waals surface area contributed by atoms with Gasteiger partial charge in [0.25, 0.3) is 0 Å². The topological polar surface area (TPSA) is 9.86 Å². The van der Waals surface area contributed by atoms with Crippen LogP contribution in [0.25, 0.3) is 55.0 Å². The van der Waals surface area contributed by atoms with Gasteiger partial charge in [-0.05, 0) is 69.2 Å². The van der Waals surface area contributed by atoms with Crippen molar-refractivity contribution in [1.82, 2.24) is 9.13 Å². The molecule has 0 spiro atoms. The van der Waals surface area contributed by atoms with E-state index in [-0.39, 0.29) is 22.0 Å². The van der Waals surface area contributed by atoms with Gasteiger partial charge in [0.15, 0.2) is 8.07 Å². The molecule has 0 aliphatic carbocycles. The Morgan fingerprint density at radius 3 is 1.43 bits per heavy atom. The lowest BCUT2D eigenvalue weighted by atomic mass is 10.1. The molecule has 0 saturated heterocycles. The molecule has 0 bridgehead atoms. The highest BCUT2D eigenvalue weighted by molar-refractivity contribution is 7.19. The van der Waals surface area contributed by atoms with Crippen molar-refractivity contribution in [3.8, 4) is 11.4 Å². The number of benzene rings is 8. The van der Waals surface area contributed by atoms with Crippen LogP contribution in [0.4, 0.5) is 0 Å². The largest absolute Gasteiger partial charge is 0.309 e. The van der Waals surface area contributed by atoms with Gasteiger partial charge in [0, 0.05) is 32.9 Å². The van der Waals surface area contributed by atoms with Crippen molar-refractivity contribution < 1.29 is 39.8 Å². The maximum Gasteiger partial charge on any atom is 0.179 e. The summed E-state index contributed by atoms with van der Waals surface area (Å²) in [6, 6.07) is -20.6. The van der Waals surface area contributed by atoms with Crippen LogP contribution in [-0.2, 0) is 0 Å². The van der Waals surface area contributed by atoms with Gasteiger partial charge >= 0.3 is 0 Å². The van der Waals surface area contributed by atoms with Crippen LogP contribution in [0.3, 0.4) is 0 Å². The van der Waals surface area contributed by atoms with E-state index in [1.165, 1.54) is 18.2 Å². The predicted molar refractivity (Wildman–Crippen MR) is 219 cm³/mol. The van der Waals surface area contributed by atoms with Gasteiger partial charge in [-0.25, -0.2) is 0 Å². The Morgan fingerprint density at radius 2 is 0.824 bits per heavy atom. The molecular formula is C48H34N2Si. The molecule has 2 nitrogen and oxygen atoms in total. The van der Waals surface area contributed by atoms with Crippen LogP contribution in [0.5, 0.6) is 0 Å². The summed E-state index contributed by atoms with van der Waals surface area (Å²) in [7, 11) is -5.80. The van der Waals surface area contributed by atoms with Gasteiger partial charge in [-0.2, -0.15) is 0 Å². The number of nitrogens with zero attached hydrogens (tertiary/aromatic N) is 2. The second-order valence-electron chi connectivity index (χ2n) is 11.2. The van der Waals surface area contributed by atoms with Gasteiger partial charge < -0.3 is 9.13 Å². The fraction of sp³-hybridized carbons (Fsp3) is 0. The fourth-order valence-corrected chi connectivity index (χ4v) is 10.4. The smallest absolute Gasteiger partial charge is 0.179 e. The summed E-state index contributed by atoms with van der Waals surface area (Å²) < 4.78 is 265. The minimum atomic E-state index is -5.80. The molecule has 0 saturated carbocycles. The van der Waals surface area contributed by atoms with Crippen LogP contribution in [0, 0.1) is 0 Å². The Hall–Kier alpha value is -6.42. The third kappa shape index (κ3) is 4.49. The van der Waals surface area contributed by atoms with Crippen LogP contribution in [0.1, 0.15) is 39.8 Å². The van der Waals surface area contributed by atoms with E-state index in [0.29, 0.717) is 0 Å². The first kappa shape index (κ1) is 12.4. The van der Waals surface area contributed by atoms with E-state index in [1.54, 1.807) is 0 Å². The fourth-order valence-electron chi connectivity index (χ4n) is 6.59. The first-order valence-corrected chi connectivity index (χ1v) is 17.2. The number of hydrogen-bond donors (Lipinski definition) is 0. The maximum absolute atomic E-state index is 10.0. The summed E-state index contributed by atoms with van der Waals surface area (Å²) in [5, 5.41) is -4.57. The molecule has 0 amide bonds. The molecule has 10 rings (SSSR count). The first-order valence-electron chi connectivity index (χ1n) is 29.7. The third-order valence-corrected chi connectivity index (χ3v) is 12.8. The highest BCUT2D eigenvalue weighted by atomic mass is 28.3. The molecule has 0 fully saturated rings. The molecule has 0 aliphatic rings. The minimum Gasteiger partial charge on any atom is -0.309 e. The lowest BCUT2D eigenvalue weighted by Crippen LogP contribution is -2.74. The average Bonchev–Trinajstić information content (AvgIpc) is 4.05. The number of para-hydroxylation sites is 3. The van der Waals surface area contributed by atoms with Crippen molar-refractivity contribution >= 4 is 72.4 Å². The molecule has 10 aromatic rings. The van der Waals surface area contributed by atoms with E-state index < -0.39 is 237 Å². The summed E-state index contributed by atoms with van der Waals surface area (Å²) in [5.74, 6) is 0. The molecule has 51 heavy (non-hydrogen) atoms. The molecule has 0 aliphatic heterocycles. The predicted octanol–water partition coefficient (Wildman–Crippen LogP) is 9.26. The van der Waals surface area contributed by atoms with Crippen LogP contribution in [0.15, 0.2) is 206 Å². The second kappa shape index (κ2) is 11.9. The van der Waals surface area contributed by atoms with Gasteiger partial charge in [-0.3, -0.25) is 0 Å². The number of fused-ring (bicyclic) bond motifs is 6. The van der Waals surface area contributed by atoms with Crippen molar-refractivity contribution in [1.29, 1.82) is 0 Å². The zero-order valence-corrected chi connectivity index (χ0v) is 26.8. The summed E-state index contributed by atoms with van der Waals surface area (Å²) in [4.78, 5) is 0. The lowest BCUT2D eigenvalue weighted by molar-refractivity contribution is 1.17. The summed E-state index contributed by atoms with van der Waals surface area (Å²) in [5.41, 5.74) is -2.72. The normalized spacial score (nSPS) is 19.9. The standard InChI is InChI=1S/C48H34N2Si/c1-4-18-37(19-5-1)51(38-20-6-2-7-21-38,39-22-8-3-9-23-39)40-24-16-17-35(33-40)49-47-30-15-12-27-43(47)44-34-36(31-32-48(44)49)50-45-28-13-10-25-41(45)42-26-11-14-29-46(42)50/h1-34H/i1D,2D,3D,4D,5D,6D,7D,8D,9D,10D,11D,12D,13D,14D,15D,18D,19D,20D,21D,22D,23D,25D,26D,27D,28D,30D,31D,32D,34D. The van der Waals surface area contributed by atoms with E-state index >= 15 is 0 Å². The Kier molecular flexibility index (Phi) is 2.89. The van der Waals surface area contributed by atoms with E-state index in [2.05, 4.69) is 0 Å². The maximum atomic E-state index is 10.0. The summed E-state index contributed by atoms with van der Waals surface area (Å²) in [6.45, 7) is 0. The van der Waals surface area contributed by atoms with Crippen LogP contribution < -0.4 is 20.7 Å². The van der Waals surface area contributed by atoms with Crippen molar-refractivity contribution in [2.24, 2.45) is 0 Å². The first-order chi connectivity index (χ1) is 37.3. The van der Waals surface area contributed by atoms with Gasteiger partial charge in [0.2, 0.25) is 0 Å². The van der Waals surface area contributed by atoms with Crippen molar-refractivity contribution in [2.45, 2.75) is 0 Å². The van der Waals surface area contributed by atoms with Crippen molar-refractivity contribution in [2.75, 3.05) is 0 Å². The zero-order valence-electron chi connectivity index (χ0n) is 54.8. The quantitative estimate of drug-likeness (QED) is 0.121. The third-order valence-electron chi connectivity index (χ3n) is 8.64. The van der Waals surface area contributed by atoms with Crippen LogP contribution in [-0.4, -0.2) is 17.2 Å². The van der Waals surface area contributed by atoms with Gasteiger partial charge in [0.1, 0.15) is 0 Å².